The van der Waals surface area contributed by atoms with Crippen LogP contribution in [0.25, 0.3) is 0 Å². The molecule has 0 aliphatic carbocycles. The fourth-order valence-electron chi connectivity index (χ4n) is 2.60. The van der Waals surface area contributed by atoms with Gasteiger partial charge in [-0.15, -0.1) is 0 Å². The number of amides is 1. The molecule has 0 aromatic heterocycles. The minimum absolute atomic E-state index is 0.114. The van der Waals surface area contributed by atoms with Gasteiger partial charge in [-0.05, 0) is 38.8 Å². The van der Waals surface area contributed by atoms with E-state index in [4.69, 9.17) is 16.3 Å². The van der Waals surface area contributed by atoms with Gasteiger partial charge in [0.1, 0.15) is 5.75 Å². The Hall–Kier alpha value is -1.75. The fourth-order valence-corrected chi connectivity index (χ4v) is 2.77. The van der Waals surface area contributed by atoms with Crippen LogP contribution in [0.4, 0.5) is 0 Å². The number of benzene rings is 1. The maximum Gasteiger partial charge on any atom is 0.311 e. The van der Waals surface area contributed by atoms with Crippen molar-refractivity contribution < 1.29 is 19.4 Å². The molecule has 5 nitrogen and oxygen atoms in total. The van der Waals surface area contributed by atoms with Crippen molar-refractivity contribution in [1.29, 1.82) is 0 Å². The zero-order chi connectivity index (χ0) is 16.3. The number of carbonyl (C=O) groups excluding carboxylic acids is 1. The zero-order valence-electron chi connectivity index (χ0n) is 12.8. The van der Waals surface area contributed by atoms with E-state index >= 15 is 0 Å². The quantitative estimate of drug-likeness (QED) is 0.924. The van der Waals surface area contributed by atoms with E-state index in [1.807, 2.05) is 6.92 Å². The summed E-state index contributed by atoms with van der Waals surface area (Å²) < 4.78 is 5.54. The molecule has 0 radical (unpaired) electrons. The molecule has 1 aliphatic rings. The number of halogens is 1. The van der Waals surface area contributed by atoms with Crippen LogP contribution >= 0.6 is 11.6 Å². The summed E-state index contributed by atoms with van der Waals surface area (Å²) >= 11 is 6.01. The van der Waals surface area contributed by atoms with Crippen LogP contribution in [0.3, 0.4) is 0 Å². The Morgan fingerprint density at radius 3 is 2.86 bits per heavy atom. The summed E-state index contributed by atoms with van der Waals surface area (Å²) in [6.45, 7) is 4.18. The number of carboxylic acid groups (broad SMARTS) is 1. The molecule has 2 rings (SSSR count). The number of likely N-dealkylation sites (tertiary alicyclic amines) is 1. The van der Waals surface area contributed by atoms with Gasteiger partial charge in [-0.1, -0.05) is 17.7 Å². The van der Waals surface area contributed by atoms with Gasteiger partial charge in [-0.25, -0.2) is 0 Å². The summed E-state index contributed by atoms with van der Waals surface area (Å²) in [4.78, 5) is 25.1. The molecule has 0 bridgehead atoms. The molecule has 1 saturated heterocycles. The van der Waals surface area contributed by atoms with Gasteiger partial charge in [-0.2, -0.15) is 0 Å². The van der Waals surface area contributed by atoms with Crippen LogP contribution < -0.4 is 4.74 Å². The van der Waals surface area contributed by atoms with Crippen molar-refractivity contribution in [3.8, 4) is 5.75 Å². The first kappa shape index (κ1) is 16.6. The van der Waals surface area contributed by atoms with Crippen molar-refractivity contribution in [3.63, 3.8) is 0 Å². The van der Waals surface area contributed by atoms with Crippen molar-refractivity contribution >= 4 is 23.5 Å². The number of piperidine rings is 1. The molecule has 1 unspecified atom stereocenters. The summed E-state index contributed by atoms with van der Waals surface area (Å²) in [5.41, 5.74) is -0.0918. The number of carbonyl (C=O) groups is 2. The van der Waals surface area contributed by atoms with Gasteiger partial charge in [-0.3, -0.25) is 9.59 Å². The van der Waals surface area contributed by atoms with E-state index in [1.165, 1.54) is 0 Å². The molecule has 1 heterocycles. The maximum atomic E-state index is 12.3. The number of aliphatic carboxylic acids is 1. The molecular formula is C16H20ClNO4. The third-order valence-corrected chi connectivity index (χ3v) is 4.54. The van der Waals surface area contributed by atoms with Crippen molar-refractivity contribution in [1.82, 2.24) is 4.90 Å². The Labute approximate surface area is 134 Å². The average Bonchev–Trinajstić information content (AvgIpc) is 2.48. The Kier molecular flexibility index (Phi) is 4.96. The van der Waals surface area contributed by atoms with Crippen molar-refractivity contribution in [2.45, 2.75) is 26.7 Å². The minimum atomic E-state index is -0.875. The standard InChI is InChI=1S/C16H20ClNO4/c1-11-12(17)5-3-6-13(11)22-9-14(19)18-8-4-7-16(2,10-18)15(20)21/h3,5-6H,4,7-10H2,1-2H3,(H,20,21). The first-order valence-electron chi connectivity index (χ1n) is 7.22. The van der Waals surface area contributed by atoms with E-state index in [0.29, 0.717) is 30.2 Å². The van der Waals surface area contributed by atoms with Crippen LogP contribution in [0, 0.1) is 12.3 Å². The number of hydrogen-bond donors (Lipinski definition) is 1. The lowest BCUT2D eigenvalue weighted by Crippen LogP contribution is -2.49. The number of ether oxygens (including phenoxy) is 1. The van der Waals surface area contributed by atoms with E-state index in [0.717, 1.165) is 5.56 Å². The zero-order valence-corrected chi connectivity index (χ0v) is 13.5. The Balaban J connectivity index is 1.98. The highest BCUT2D eigenvalue weighted by Crippen LogP contribution is 2.30. The lowest BCUT2D eigenvalue weighted by atomic mass is 9.82. The smallest absolute Gasteiger partial charge is 0.311 e. The van der Waals surface area contributed by atoms with E-state index in [1.54, 1.807) is 30.0 Å². The second kappa shape index (κ2) is 6.57. The molecule has 1 aliphatic heterocycles. The number of carboxylic acids is 1. The van der Waals surface area contributed by atoms with E-state index in [2.05, 4.69) is 0 Å². The van der Waals surface area contributed by atoms with Gasteiger partial charge in [0.05, 0.1) is 5.41 Å². The van der Waals surface area contributed by atoms with Crippen molar-refractivity contribution in [2.24, 2.45) is 5.41 Å². The molecule has 1 fully saturated rings. The second-order valence-electron chi connectivity index (χ2n) is 5.94. The minimum Gasteiger partial charge on any atom is -0.483 e. The van der Waals surface area contributed by atoms with Crippen molar-refractivity contribution in [2.75, 3.05) is 19.7 Å². The van der Waals surface area contributed by atoms with Gasteiger partial charge in [0.25, 0.3) is 5.91 Å². The molecule has 1 N–H and O–H groups in total. The average molecular weight is 326 g/mol. The van der Waals surface area contributed by atoms with Gasteiger partial charge in [0, 0.05) is 23.7 Å². The van der Waals surface area contributed by atoms with Crippen LogP contribution in [0.2, 0.25) is 5.02 Å². The predicted octanol–water partition coefficient (Wildman–Crippen LogP) is 2.74. The summed E-state index contributed by atoms with van der Waals surface area (Å²) in [6.07, 6.45) is 1.27. The first-order valence-corrected chi connectivity index (χ1v) is 7.60. The van der Waals surface area contributed by atoms with Crippen molar-refractivity contribution in [3.05, 3.63) is 28.8 Å². The monoisotopic (exact) mass is 325 g/mol. The number of hydrogen-bond acceptors (Lipinski definition) is 3. The fraction of sp³-hybridized carbons (Fsp3) is 0.500. The highest BCUT2D eigenvalue weighted by atomic mass is 35.5. The Morgan fingerprint density at radius 2 is 2.18 bits per heavy atom. The second-order valence-corrected chi connectivity index (χ2v) is 6.34. The Bertz CT molecular complexity index is 590. The summed E-state index contributed by atoms with van der Waals surface area (Å²) in [5, 5.41) is 9.87. The number of nitrogens with zero attached hydrogens (tertiary/aromatic N) is 1. The topological polar surface area (TPSA) is 66.8 Å². The molecule has 0 spiro atoms. The SMILES string of the molecule is Cc1c(Cl)cccc1OCC(=O)N1CCCC(C)(C(=O)O)C1. The third kappa shape index (κ3) is 3.53. The van der Waals surface area contributed by atoms with E-state index < -0.39 is 11.4 Å². The lowest BCUT2D eigenvalue weighted by Gasteiger charge is -2.37. The Morgan fingerprint density at radius 1 is 1.45 bits per heavy atom. The molecule has 1 aromatic carbocycles. The molecule has 6 heteroatoms. The summed E-state index contributed by atoms with van der Waals surface area (Å²) in [7, 11) is 0. The molecule has 22 heavy (non-hydrogen) atoms. The molecule has 1 aromatic rings. The van der Waals surface area contributed by atoms with E-state index in [9.17, 15) is 14.7 Å². The molecule has 0 saturated carbocycles. The summed E-state index contributed by atoms with van der Waals surface area (Å²) in [6, 6.07) is 5.28. The largest absolute Gasteiger partial charge is 0.483 e. The van der Waals surface area contributed by atoms with Crippen LogP contribution in [0.15, 0.2) is 18.2 Å². The van der Waals surface area contributed by atoms with Crippen LogP contribution in [0.1, 0.15) is 25.3 Å². The predicted molar refractivity (Wildman–Crippen MR) is 83.2 cm³/mol. The third-order valence-electron chi connectivity index (χ3n) is 4.13. The number of rotatable bonds is 4. The highest BCUT2D eigenvalue weighted by Gasteiger charge is 2.39. The van der Waals surface area contributed by atoms with Crippen LogP contribution in [-0.4, -0.2) is 41.6 Å². The maximum absolute atomic E-state index is 12.3. The van der Waals surface area contributed by atoms with Gasteiger partial charge in [0.15, 0.2) is 6.61 Å². The van der Waals surface area contributed by atoms with Gasteiger partial charge >= 0.3 is 5.97 Å². The molecule has 1 atom stereocenters. The van der Waals surface area contributed by atoms with Crippen LogP contribution in [-0.2, 0) is 9.59 Å². The molecule has 120 valence electrons. The first-order chi connectivity index (χ1) is 10.3. The lowest BCUT2D eigenvalue weighted by molar-refractivity contribution is -0.153. The summed E-state index contributed by atoms with van der Waals surface area (Å²) in [5.74, 6) is -0.498. The molecule has 1 amide bonds. The van der Waals surface area contributed by atoms with E-state index in [-0.39, 0.29) is 19.1 Å². The van der Waals surface area contributed by atoms with Gasteiger partial charge in [0.2, 0.25) is 0 Å². The van der Waals surface area contributed by atoms with Crippen LogP contribution in [0.5, 0.6) is 5.75 Å². The normalized spacial score (nSPS) is 21.5. The highest BCUT2D eigenvalue weighted by molar-refractivity contribution is 6.31. The molecular weight excluding hydrogens is 306 g/mol. The van der Waals surface area contributed by atoms with Gasteiger partial charge < -0.3 is 14.7 Å².